The molecule has 3 aromatic carbocycles. The van der Waals surface area contributed by atoms with E-state index in [2.05, 4.69) is 24.3 Å². The Morgan fingerprint density at radius 3 is 1.73 bits per heavy atom. The van der Waals surface area contributed by atoms with Crippen molar-refractivity contribution in [2.75, 3.05) is 7.11 Å². The summed E-state index contributed by atoms with van der Waals surface area (Å²) in [5.41, 5.74) is 2.24. The lowest BCUT2D eigenvalue weighted by atomic mass is 10.0. The van der Waals surface area contributed by atoms with Crippen LogP contribution in [0.4, 0.5) is 0 Å². The van der Waals surface area contributed by atoms with Gasteiger partial charge in [-0.05, 0) is 23.3 Å². The minimum Gasteiger partial charge on any atom is -0.497 e. The van der Waals surface area contributed by atoms with E-state index in [4.69, 9.17) is 9.47 Å². The zero-order chi connectivity index (χ0) is 15.2. The van der Waals surface area contributed by atoms with Crippen LogP contribution < -0.4 is 9.47 Å². The lowest BCUT2D eigenvalue weighted by Crippen LogP contribution is -2.09. The summed E-state index contributed by atoms with van der Waals surface area (Å²) in [4.78, 5) is 0. The van der Waals surface area contributed by atoms with E-state index in [1.165, 1.54) is 0 Å². The van der Waals surface area contributed by atoms with Gasteiger partial charge in [-0.1, -0.05) is 66.7 Å². The third kappa shape index (κ3) is 3.29. The molecule has 0 spiro atoms. The van der Waals surface area contributed by atoms with Crippen LogP contribution >= 0.6 is 0 Å². The van der Waals surface area contributed by atoms with Crippen molar-refractivity contribution in [3.63, 3.8) is 0 Å². The maximum Gasteiger partial charge on any atom is 0.149 e. The first-order valence-electron chi connectivity index (χ1n) is 7.27. The van der Waals surface area contributed by atoms with Gasteiger partial charge in [-0.2, -0.15) is 0 Å². The maximum atomic E-state index is 6.25. The van der Waals surface area contributed by atoms with E-state index in [0.29, 0.717) is 0 Å². The summed E-state index contributed by atoms with van der Waals surface area (Å²) >= 11 is 0. The number of hydrogen-bond donors (Lipinski definition) is 0. The van der Waals surface area contributed by atoms with E-state index in [1.807, 2.05) is 60.7 Å². The molecule has 0 atom stereocenters. The number of hydrogen-bond acceptors (Lipinski definition) is 2. The molecule has 0 aliphatic heterocycles. The van der Waals surface area contributed by atoms with Crippen molar-refractivity contribution in [1.82, 2.24) is 0 Å². The van der Waals surface area contributed by atoms with Gasteiger partial charge in [-0.15, -0.1) is 0 Å². The number of rotatable bonds is 5. The molecule has 0 bridgehead atoms. The summed E-state index contributed by atoms with van der Waals surface area (Å²) in [7, 11) is 1.66. The van der Waals surface area contributed by atoms with Gasteiger partial charge in [0.05, 0.1) is 7.11 Å². The standard InChI is InChI=1S/C20H18O2/c1-21-18-13-8-14-19(15-18)22-20(16-9-4-2-5-10-16)17-11-6-3-7-12-17/h2-15,20H,1H3. The predicted octanol–water partition coefficient (Wildman–Crippen LogP) is 4.86. The van der Waals surface area contributed by atoms with Crippen LogP contribution in [0.2, 0.25) is 0 Å². The fourth-order valence-electron chi connectivity index (χ4n) is 2.39. The van der Waals surface area contributed by atoms with Crippen molar-refractivity contribution < 1.29 is 9.47 Å². The maximum absolute atomic E-state index is 6.25. The number of benzene rings is 3. The Kier molecular flexibility index (Phi) is 4.40. The molecular formula is C20H18O2. The summed E-state index contributed by atoms with van der Waals surface area (Å²) in [6.45, 7) is 0. The van der Waals surface area contributed by atoms with Gasteiger partial charge < -0.3 is 9.47 Å². The Bertz CT molecular complexity index is 669. The highest BCUT2D eigenvalue weighted by molar-refractivity contribution is 5.36. The summed E-state index contributed by atoms with van der Waals surface area (Å²) in [6, 6.07) is 28.1. The highest BCUT2D eigenvalue weighted by atomic mass is 16.5. The summed E-state index contributed by atoms with van der Waals surface area (Å²) < 4.78 is 11.5. The summed E-state index contributed by atoms with van der Waals surface area (Å²) in [5, 5.41) is 0. The minimum absolute atomic E-state index is 0.144. The van der Waals surface area contributed by atoms with Gasteiger partial charge in [0.25, 0.3) is 0 Å². The molecule has 110 valence electrons. The fourth-order valence-corrected chi connectivity index (χ4v) is 2.39. The molecule has 0 aliphatic carbocycles. The van der Waals surface area contributed by atoms with E-state index in [-0.39, 0.29) is 6.10 Å². The molecule has 3 aromatic rings. The van der Waals surface area contributed by atoms with Gasteiger partial charge in [0.2, 0.25) is 0 Å². The Hall–Kier alpha value is -2.74. The van der Waals surface area contributed by atoms with Crippen LogP contribution in [0.1, 0.15) is 17.2 Å². The Balaban J connectivity index is 1.95. The zero-order valence-corrected chi connectivity index (χ0v) is 12.5. The van der Waals surface area contributed by atoms with Gasteiger partial charge in [0.1, 0.15) is 17.6 Å². The van der Waals surface area contributed by atoms with Gasteiger partial charge in [0, 0.05) is 6.07 Å². The molecule has 0 fully saturated rings. The Morgan fingerprint density at radius 1 is 0.636 bits per heavy atom. The molecule has 3 rings (SSSR count). The molecule has 0 saturated heterocycles. The molecule has 0 N–H and O–H groups in total. The van der Waals surface area contributed by atoms with Gasteiger partial charge >= 0.3 is 0 Å². The lowest BCUT2D eigenvalue weighted by molar-refractivity contribution is 0.246. The van der Waals surface area contributed by atoms with E-state index < -0.39 is 0 Å². The predicted molar refractivity (Wildman–Crippen MR) is 88.3 cm³/mol. The van der Waals surface area contributed by atoms with Crippen molar-refractivity contribution in [2.45, 2.75) is 6.10 Å². The minimum atomic E-state index is -0.144. The molecule has 2 heteroatoms. The topological polar surface area (TPSA) is 18.5 Å². The Labute approximate surface area is 131 Å². The second-order valence-electron chi connectivity index (χ2n) is 5.00. The molecule has 0 saturated carbocycles. The summed E-state index contributed by atoms with van der Waals surface area (Å²) in [6.07, 6.45) is -0.144. The number of methoxy groups -OCH3 is 1. The van der Waals surface area contributed by atoms with Crippen molar-refractivity contribution in [1.29, 1.82) is 0 Å². The number of ether oxygens (including phenoxy) is 2. The SMILES string of the molecule is COc1cccc(OC(c2ccccc2)c2ccccc2)c1. The molecule has 0 aliphatic rings. The van der Waals surface area contributed by atoms with Gasteiger partial charge in [0.15, 0.2) is 0 Å². The molecule has 0 amide bonds. The first-order chi connectivity index (χ1) is 10.9. The molecule has 2 nitrogen and oxygen atoms in total. The van der Waals surface area contributed by atoms with E-state index in [0.717, 1.165) is 22.6 Å². The van der Waals surface area contributed by atoms with Gasteiger partial charge in [-0.25, -0.2) is 0 Å². The highest BCUT2D eigenvalue weighted by Gasteiger charge is 2.15. The van der Waals surface area contributed by atoms with Crippen LogP contribution in [-0.2, 0) is 0 Å². The van der Waals surface area contributed by atoms with E-state index in [9.17, 15) is 0 Å². The Morgan fingerprint density at radius 2 is 1.18 bits per heavy atom. The third-order valence-electron chi connectivity index (χ3n) is 3.50. The largest absolute Gasteiger partial charge is 0.497 e. The smallest absolute Gasteiger partial charge is 0.149 e. The lowest BCUT2D eigenvalue weighted by Gasteiger charge is -2.20. The van der Waals surface area contributed by atoms with Crippen LogP contribution in [0.3, 0.4) is 0 Å². The van der Waals surface area contributed by atoms with Crippen LogP contribution in [0.15, 0.2) is 84.9 Å². The average Bonchev–Trinajstić information content (AvgIpc) is 2.61. The molecule has 0 radical (unpaired) electrons. The normalized spacial score (nSPS) is 10.5. The second kappa shape index (κ2) is 6.81. The first-order valence-corrected chi connectivity index (χ1v) is 7.27. The second-order valence-corrected chi connectivity index (χ2v) is 5.00. The van der Waals surface area contributed by atoms with Crippen molar-refractivity contribution in [2.24, 2.45) is 0 Å². The highest BCUT2D eigenvalue weighted by Crippen LogP contribution is 2.29. The molecular weight excluding hydrogens is 272 g/mol. The van der Waals surface area contributed by atoms with Crippen molar-refractivity contribution in [3.05, 3.63) is 96.1 Å². The van der Waals surface area contributed by atoms with Crippen LogP contribution in [0.5, 0.6) is 11.5 Å². The quantitative estimate of drug-likeness (QED) is 0.668. The molecule has 0 unspecified atom stereocenters. The average molecular weight is 290 g/mol. The summed E-state index contributed by atoms with van der Waals surface area (Å²) in [5.74, 6) is 1.58. The van der Waals surface area contributed by atoms with Crippen molar-refractivity contribution in [3.8, 4) is 11.5 Å². The van der Waals surface area contributed by atoms with Gasteiger partial charge in [-0.3, -0.25) is 0 Å². The third-order valence-corrected chi connectivity index (χ3v) is 3.50. The van der Waals surface area contributed by atoms with E-state index >= 15 is 0 Å². The van der Waals surface area contributed by atoms with E-state index in [1.54, 1.807) is 7.11 Å². The first kappa shape index (κ1) is 14.2. The molecule has 0 heterocycles. The van der Waals surface area contributed by atoms with Crippen molar-refractivity contribution >= 4 is 0 Å². The zero-order valence-electron chi connectivity index (χ0n) is 12.5. The van der Waals surface area contributed by atoms with Crippen LogP contribution in [-0.4, -0.2) is 7.11 Å². The molecule has 22 heavy (non-hydrogen) atoms. The monoisotopic (exact) mass is 290 g/mol. The molecule has 0 aromatic heterocycles. The van der Waals surface area contributed by atoms with Crippen LogP contribution in [0.25, 0.3) is 0 Å². The fraction of sp³-hybridized carbons (Fsp3) is 0.100. The van der Waals surface area contributed by atoms with Crippen LogP contribution in [0, 0.1) is 0 Å².